The van der Waals surface area contributed by atoms with Gasteiger partial charge < -0.3 is 9.84 Å². The van der Waals surface area contributed by atoms with Gasteiger partial charge in [0.25, 0.3) is 0 Å². The predicted molar refractivity (Wildman–Crippen MR) is 71.9 cm³/mol. The van der Waals surface area contributed by atoms with Crippen molar-refractivity contribution in [1.82, 2.24) is 4.90 Å². The van der Waals surface area contributed by atoms with Crippen molar-refractivity contribution in [3.8, 4) is 0 Å². The fourth-order valence-electron chi connectivity index (χ4n) is 2.04. The average Bonchev–Trinajstić information content (AvgIpc) is 2.33. The van der Waals surface area contributed by atoms with E-state index >= 15 is 0 Å². The van der Waals surface area contributed by atoms with E-state index in [1.165, 1.54) is 0 Å². The number of carboxylic acid groups (broad SMARTS) is 1. The second-order valence-corrected chi connectivity index (χ2v) is 5.38. The molecule has 1 fully saturated rings. The van der Waals surface area contributed by atoms with Gasteiger partial charge in [0.2, 0.25) is 0 Å². The van der Waals surface area contributed by atoms with Gasteiger partial charge in [-0.15, -0.1) is 0 Å². The minimum absolute atomic E-state index is 0.461. The Morgan fingerprint density at radius 3 is 2.67 bits per heavy atom. The molecule has 0 spiro atoms. The Bertz CT molecular complexity index is 449. The first-order chi connectivity index (χ1) is 8.59. The molecule has 1 heterocycles. The van der Waals surface area contributed by atoms with Crippen LogP contribution in [0.1, 0.15) is 11.6 Å². The van der Waals surface area contributed by atoms with Gasteiger partial charge in [-0.25, -0.2) is 0 Å². The standard InChI is InChI=1S/C12H13BrClNO3/c13-8-1-2-9(10(14)7-8)11(12(16)17)15-3-5-18-6-4-15/h1-2,7,11H,3-6H2,(H,16,17). The minimum Gasteiger partial charge on any atom is -0.480 e. The predicted octanol–water partition coefficient (Wildman–Crippen LogP) is 2.56. The van der Waals surface area contributed by atoms with E-state index < -0.39 is 12.0 Å². The highest BCUT2D eigenvalue weighted by Crippen LogP contribution is 2.30. The maximum atomic E-state index is 11.5. The Labute approximate surface area is 119 Å². The number of benzene rings is 1. The number of ether oxygens (including phenoxy) is 1. The molecule has 1 aliphatic heterocycles. The molecule has 0 radical (unpaired) electrons. The Balaban J connectivity index is 2.31. The van der Waals surface area contributed by atoms with E-state index in [-0.39, 0.29) is 0 Å². The van der Waals surface area contributed by atoms with Gasteiger partial charge >= 0.3 is 5.97 Å². The lowest BCUT2D eigenvalue weighted by atomic mass is 10.0. The topological polar surface area (TPSA) is 49.8 Å². The van der Waals surface area contributed by atoms with Crippen molar-refractivity contribution in [2.75, 3.05) is 26.3 Å². The number of hydrogen-bond donors (Lipinski definition) is 1. The third kappa shape index (κ3) is 3.03. The van der Waals surface area contributed by atoms with Gasteiger partial charge in [-0.05, 0) is 17.7 Å². The highest BCUT2D eigenvalue weighted by atomic mass is 79.9. The molecule has 4 nitrogen and oxygen atoms in total. The molecule has 0 aromatic heterocycles. The molecule has 6 heteroatoms. The molecule has 98 valence electrons. The van der Waals surface area contributed by atoms with Gasteiger partial charge in [0.05, 0.1) is 13.2 Å². The Kier molecular flexibility index (Phi) is 4.61. The summed E-state index contributed by atoms with van der Waals surface area (Å²) in [6.07, 6.45) is 0. The summed E-state index contributed by atoms with van der Waals surface area (Å²) in [6, 6.07) is 4.56. The van der Waals surface area contributed by atoms with Gasteiger partial charge in [-0.3, -0.25) is 9.69 Å². The smallest absolute Gasteiger partial charge is 0.325 e. The molecule has 1 atom stereocenters. The number of carbonyl (C=O) groups is 1. The van der Waals surface area contributed by atoms with E-state index in [4.69, 9.17) is 16.3 Å². The summed E-state index contributed by atoms with van der Waals surface area (Å²) in [7, 11) is 0. The molecule has 0 saturated carbocycles. The zero-order chi connectivity index (χ0) is 13.1. The summed E-state index contributed by atoms with van der Waals surface area (Å²) in [5.41, 5.74) is 0.620. The van der Waals surface area contributed by atoms with E-state index in [0.29, 0.717) is 36.9 Å². The molecule has 0 bridgehead atoms. The third-order valence-electron chi connectivity index (χ3n) is 2.90. The molecular weight excluding hydrogens is 321 g/mol. The van der Waals surface area contributed by atoms with Gasteiger partial charge in [-0.1, -0.05) is 33.6 Å². The highest BCUT2D eigenvalue weighted by Gasteiger charge is 2.30. The van der Waals surface area contributed by atoms with E-state index in [2.05, 4.69) is 15.9 Å². The van der Waals surface area contributed by atoms with Crippen LogP contribution >= 0.6 is 27.5 Å². The molecule has 18 heavy (non-hydrogen) atoms. The first kappa shape index (κ1) is 13.8. The van der Waals surface area contributed by atoms with Crippen molar-refractivity contribution in [1.29, 1.82) is 0 Å². The second-order valence-electron chi connectivity index (χ2n) is 4.05. The largest absolute Gasteiger partial charge is 0.480 e. The Morgan fingerprint density at radius 2 is 2.11 bits per heavy atom. The number of carboxylic acids is 1. The number of nitrogens with zero attached hydrogens (tertiary/aromatic N) is 1. The van der Waals surface area contributed by atoms with Crippen LogP contribution in [0.5, 0.6) is 0 Å². The van der Waals surface area contributed by atoms with Crippen LogP contribution in [-0.2, 0) is 9.53 Å². The summed E-state index contributed by atoms with van der Waals surface area (Å²) in [4.78, 5) is 13.4. The van der Waals surface area contributed by atoms with E-state index in [9.17, 15) is 9.90 Å². The van der Waals surface area contributed by atoms with Crippen LogP contribution in [0.15, 0.2) is 22.7 Å². The van der Waals surface area contributed by atoms with Crippen molar-refractivity contribution >= 4 is 33.5 Å². The Morgan fingerprint density at radius 1 is 1.44 bits per heavy atom. The first-order valence-electron chi connectivity index (χ1n) is 5.59. The van der Waals surface area contributed by atoms with Gasteiger partial charge in [0, 0.05) is 22.6 Å². The van der Waals surface area contributed by atoms with Crippen LogP contribution < -0.4 is 0 Å². The van der Waals surface area contributed by atoms with E-state index in [1.54, 1.807) is 18.2 Å². The van der Waals surface area contributed by atoms with Crippen LogP contribution in [0.25, 0.3) is 0 Å². The SMILES string of the molecule is O=C(O)C(c1ccc(Br)cc1Cl)N1CCOCC1. The van der Waals surface area contributed by atoms with E-state index in [0.717, 1.165) is 4.47 Å². The quantitative estimate of drug-likeness (QED) is 0.923. The van der Waals surface area contributed by atoms with Crippen LogP contribution in [0.3, 0.4) is 0 Å². The lowest BCUT2D eigenvalue weighted by Gasteiger charge is -2.32. The summed E-state index contributed by atoms with van der Waals surface area (Å²) < 4.78 is 6.08. The monoisotopic (exact) mass is 333 g/mol. The number of halogens is 2. The summed E-state index contributed by atoms with van der Waals surface area (Å²) in [5.74, 6) is -0.888. The fourth-order valence-corrected chi connectivity index (χ4v) is 2.82. The number of rotatable bonds is 3. The zero-order valence-corrected chi connectivity index (χ0v) is 11.9. The zero-order valence-electron chi connectivity index (χ0n) is 9.60. The molecule has 1 unspecified atom stereocenters. The molecule has 2 rings (SSSR count). The third-order valence-corrected chi connectivity index (χ3v) is 3.72. The number of aliphatic carboxylic acids is 1. The molecule has 1 saturated heterocycles. The van der Waals surface area contributed by atoms with Crippen molar-refractivity contribution in [2.45, 2.75) is 6.04 Å². The number of hydrogen-bond acceptors (Lipinski definition) is 3. The lowest BCUT2D eigenvalue weighted by molar-refractivity contribution is -0.145. The van der Waals surface area contributed by atoms with Gasteiger partial charge in [0.15, 0.2) is 0 Å². The highest BCUT2D eigenvalue weighted by molar-refractivity contribution is 9.10. The van der Waals surface area contributed by atoms with Crippen molar-refractivity contribution in [2.24, 2.45) is 0 Å². The van der Waals surface area contributed by atoms with Crippen LogP contribution in [0, 0.1) is 0 Å². The van der Waals surface area contributed by atoms with Crippen molar-refractivity contribution in [3.05, 3.63) is 33.3 Å². The molecule has 1 aromatic carbocycles. The normalized spacial score (nSPS) is 18.6. The molecule has 1 aliphatic rings. The molecular formula is C12H13BrClNO3. The van der Waals surface area contributed by atoms with Crippen LogP contribution in [0.4, 0.5) is 0 Å². The Hall–Kier alpha value is -0.620. The average molecular weight is 335 g/mol. The van der Waals surface area contributed by atoms with Gasteiger partial charge in [0.1, 0.15) is 6.04 Å². The summed E-state index contributed by atoms with van der Waals surface area (Å²) in [5, 5.41) is 9.88. The summed E-state index contributed by atoms with van der Waals surface area (Å²) >= 11 is 9.45. The van der Waals surface area contributed by atoms with Crippen LogP contribution in [-0.4, -0.2) is 42.3 Å². The molecule has 1 aromatic rings. The molecule has 1 N–H and O–H groups in total. The second kappa shape index (κ2) is 6.02. The molecule has 0 amide bonds. The molecule has 0 aliphatic carbocycles. The summed E-state index contributed by atoms with van der Waals surface area (Å²) in [6.45, 7) is 2.31. The van der Waals surface area contributed by atoms with Gasteiger partial charge in [-0.2, -0.15) is 0 Å². The van der Waals surface area contributed by atoms with E-state index in [1.807, 2.05) is 4.90 Å². The van der Waals surface area contributed by atoms with Crippen LogP contribution in [0.2, 0.25) is 5.02 Å². The first-order valence-corrected chi connectivity index (χ1v) is 6.76. The van der Waals surface area contributed by atoms with Crippen molar-refractivity contribution in [3.63, 3.8) is 0 Å². The fraction of sp³-hybridized carbons (Fsp3) is 0.417. The van der Waals surface area contributed by atoms with Crippen molar-refractivity contribution < 1.29 is 14.6 Å². The lowest BCUT2D eigenvalue weighted by Crippen LogP contribution is -2.42. The maximum Gasteiger partial charge on any atom is 0.325 e. The maximum absolute atomic E-state index is 11.5. The minimum atomic E-state index is -0.888. The number of morpholine rings is 1.